The first-order chi connectivity index (χ1) is 8.31. The number of hydrogen-bond donors (Lipinski definition) is 1. The monoisotopic (exact) mass is 229 g/mol. The maximum Gasteiger partial charge on any atom is 0.0953 e. The van der Waals surface area contributed by atoms with Crippen molar-refractivity contribution in [3.05, 3.63) is 53.6 Å². The van der Waals surface area contributed by atoms with E-state index in [1.807, 2.05) is 13.4 Å². The van der Waals surface area contributed by atoms with Crippen LogP contribution in [0.3, 0.4) is 0 Å². The molecule has 0 aliphatic rings. The van der Waals surface area contributed by atoms with Crippen LogP contribution < -0.4 is 5.32 Å². The highest BCUT2D eigenvalue weighted by atomic mass is 15.0. The van der Waals surface area contributed by atoms with Crippen LogP contribution in [0.4, 0.5) is 0 Å². The zero-order chi connectivity index (χ0) is 12.1. The van der Waals surface area contributed by atoms with Crippen LogP contribution in [-0.4, -0.2) is 16.6 Å². The summed E-state index contributed by atoms with van der Waals surface area (Å²) in [6.07, 6.45) is 5.07. The van der Waals surface area contributed by atoms with Crippen LogP contribution in [0.25, 0.3) is 0 Å². The number of aryl methyl sites for hydroxylation is 1. The molecule has 1 heterocycles. The molecule has 1 aromatic heterocycles. The molecule has 1 aromatic carbocycles. The van der Waals surface area contributed by atoms with E-state index in [0.717, 1.165) is 25.2 Å². The Hall–Kier alpha value is -1.61. The summed E-state index contributed by atoms with van der Waals surface area (Å²) < 4.78 is 2.12. The van der Waals surface area contributed by atoms with E-state index in [-0.39, 0.29) is 0 Å². The van der Waals surface area contributed by atoms with Gasteiger partial charge in [-0.15, -0.1) is 0 Å². The van der Waals surface area contributed by atoms with E-state index in [1.165, 1.54) is 11.1 Å². The van der Waals surface area contributed by atoms with Crippen molar-refractivity contribution < 1.29 is 0 Å². The van der Waals surface area contributed by atoms with Crippen molar-refractivity contribution in [1.82, 2.24) is 14.9 Å². The average molecular weight is 229 g/mol. The molecule has 0 atom stereocenters. The maximum atomic E-state index is 4.34. The van der Waals surface area contributed by atoms with Crippen LogP contribution >= 0.6 is 0 Å². The Morgan fingerprint density at radius 1 is 1.18 bits per heavy atom. The third kappa shape index (κ3) is 3.17. The first-order valence-electron chi connectivity index (χ1n) is 6.05. The van der Waals surface area contributed by atoms with Crippen LogP contribution in [0, 0.1) is 0 Å². The van der Waals surface area contributed by atoms with Gasteiger partial charge >= 0.3 is 0 Å². The lowest BCUT2D eigenvalue weighted by molar-refractivity contribution is 0.781. The summed E-state index contributed by atoms with van der Waals surface area (Å²) in [5.41, 5.74) is 3.78. The molecule has 0 saturated heterocycles. The second-order valence-corrected chi connectivity index (χ2v) is 4.24. The Morgan fingerprint density at radius 2 is 1.88 bits per heavy atom. The average Bonchev–Trinajstić information content (AvgIpc) is 2.78. The van der Waals surface area contributed by atoms with Gasteiger partial charge in [-0.2, -0.15) is 0 Å². The van der Waals surface area contributed by atoms with Gasteiger partial charge in [0.1, 0.15) is 0 Å². The number of nitrogens with one attached hydrogen (secondary N) is 1. The Labute approximate surface area is 103 Å². The van der Waals surface area contributed by atoms with Crippen LogP contribution in [0.5, 0.6) is 0 Å². The summed E-state index contributed by atoms with van der Waals surface area (Å²) in [5.74, 6) is 0. The summed E-state index contributed by atoms with van der Waals surface area (Å²) in [7, 11) is 1.93. The van der Waals surface area contributed by atoms with Crippen molar-refractivity contribution in [2.24, 2.45) is 0 Å². The van der Waals surface area contributed by atoms with Gasteiger partial charge < -0.3 is 9.88 Å². The lowest BCUT2D eigenvalue weighted by Gasteiger charge is -2.03. The van der Waals surface area contributed by atoms with Gasteiger partial charge in [-0.1, -0.05) is 31.2 Å². The molecule has 2 rings (SSSR count). The summed E-state index contributed by atoms with van der Waals surface area (Å²) in [5, 5.41) is 3.10. The second kappa shape index (κ2) is 5.64. The maximum absolute atomic E-state index is 4.34. The molecule has 0 aliphatic heterocycles. The first kappa shape index (κ1) is 11.9. The predicted octanol–water partition coefficient (Wildman–Crippen LogP) is 2.21. The zero-order valence-electron chi connectivity index (χ0n) is 10.5. The Balaban J connectivity index is 2.03. The number of benzene rings is 1. The van der Waals surface area contributed by atoms with E-state index in [0.29, 0.717) is 0 Å². The summed E-state index contributed by atoms with van der Waals surface area (Å²) >= 11 is 0. The fraction of sp³-hybridized carbons (Fsp3) is 0.357. The summed E-state index contributed by atoms with van der Waals surface area (Å²) in [6.45, 7) is 3.89. The van der Waals surface area contributed by atoms with Crippen LogP contribution in [0.2, 0.25) is 0 Å². The SMILES string of the molecule is CCc1ccc(Cn2cnc(CNC)c2)cc1. The van der Waals surface area contributed by atoms with Gasteiger partial charge in [0.2, 0.25) is 0 Å². The molecule has 3 heteroatoms. The Bertz CT molecular complexity index is 457. The lowest BCUT2D eigenvalue weighted by atomic mass is 10.1. The number of hydrogen-bond acceptors (Lipinski definition) is 2. The standard InChI is InChI=1S/C14H19N3/c1-3-12-4-6-13(7-5-12)9-17-10-14(8-15-2)16-11-17/h4-7,10-11,15H,3,8-9H2,1-2H3. The Kier molecular flexibility index (Phi) is 3.94. The van der Waals surface area contributed by atoms with Crippen molar-refractivity contribution >= 4 is 0 Å². The fourth-order valence-electron chi connectivity index (χ4n) is 1.86. The molecule has 3 nitrogen and oxygen atoms in total. The van der Waals surface area contributed by atoms with E-state index in [2.05, 4.69) is 52.3 Å². The molecule has 0 radical (unpaired) electrons. The molecule has 0 aliphatic carbocycles. The predicted molar refractivity (Wildman–Crippen MR) is 69.9 cm³/mol. The number of imidazole rings is 1. The van der Waals surface area contributed by atoms with Crippen LogP contribution in [-0.2, 0) is 19.5 Å². The fourth-order valence-corrected chi connectivity index (χ4v) is 1.86. The number of aromatic nitrogens is 2. The van der Waals surface area contributed by atoms with Gasteiger partial charge in [-0.05, 0) is 24.6 Å². The van der Waals surface area contributed by atoms with Crippen molar-refractivity contribution in [1.29, 1.82) is 0 Å². The molecule has 2 aromatic rings. The molecule has 17 heavy (non-hydrogen) atoms. The summed E-state index contributed by atoms with van der Waals surface area (Å²) in [6, 6.07) is 8.77. The molecule has 0 unspecified atom stereocenters. The molecule has 0 spiro atoms. The van der Waals surface area contributed by atoms with E-state index >= 15 is 0 Å². The van der Waals surface area contributed by atoms with Gasteiger partial charge in [0.15, 0.2) is 0 Å². The highest BCUT2D eigenvalue weighted by molar-refractivity contribution is 5.22. The van der Waals surface area contributed by atoms with E-state index in [9.17, 15) is 0 Å². The molecular weight excluding hydrogens is 210 g/mol. The van der Waals surface area contributed by atoms with Gasteiger partial charge in [-0.3, -0.25) is 0 Å². The number of rotatable bonds is 5. The highest BCUT2D eigenvalue weighted by Crippen LogP contribution is 2.07. The number of nitrogens with zero attached hydrogens (tertiary/aromatic N) is 2. The quantitative estimate of drug-likeness (QED) is 0.852. The lowest BCUT2D eigenvalue weighted by Crippen LogP contribution is -2.05. The molecule has 90 valence electrons. The molecule has 1 N–H and O–H groups in total. The van der Waals surface area contributed by atoms with E-state index in [1.54, 1.807) is 0 Å². The Morgan fingerprint density at radius 3 is 2.53 bits per heavy atom. The topological polar surface area (TPSA) is 29.9 Å². The first-order valence-corrected chi connectivity index (χ1v) is 6.05. The minimum absolute atomic E-state index is 0.821. The van der Waals surface area contributed by atoms with Gasteiger partial charge in [0.25, 0.3) is 0 Å². The second-order valence-electron chi connectivity index (χ2n) is 4.24. The van der Waals surface area contributed by atoms with Gasteiger partial charge in [0.05, 0.1) is 12.0 Å². The van der Waals surface area contributed by atoms with Crippen molar-refractivity contribution in [3.8, 4) is 0 Å². The zero-order valence-corrected chi connectivity index (χ0v) is 10.5. The van der Waals surface area contributed by atoms with Crippen molar-refractivity contribution in [2.45, 2.75) is 26.4 Å². The normalized spacial score (nSPS) is 10.7. The molecule has 0 amide bonds. The van der Waals surface area contributed by atoms with Crippen LogP contribution in [0.15, 0.2) is 36.8 Å². The van der Waals surface area contributed by atoms with Crippen molar-refractivity contribution in [2.75, 3.05) is 7.05 Å². The molecule has 0 fully saturated rings. The third-order valence-corrected chi connectivity index (χ3v) is 2.84. The largest absolute Gasteiger partial charge is 0.333 e. The minimum Gasteiger partial charge on any atom is -0.333 e. The third-order valence-electron chi connectivity index (χ3n) is 2.84. The van der Waals surface area contributed by atoms with Gasteiger partial charge in [0, 0.05) is 19.3 Å². The summed E-state index contributed by atoms with van der Waals surface area (Å²) in [4.78, 5) is 4.34. The van der Waals surface area contributed by atoms with Crippen LogP contribution in [0.1, 0.15) is 23.7 Å². The molecule has 0 saturated carbocycles. The minimum atomic E-state index is 0.821. The molecular formula is C14H19N3. The van der Waals surface area contributed by atoms with E-state index < -0.39 is 0 Å². The van der Waals surface area contributed by atoms with Gasteiger partial charge in [-0.25, -0.2) is 4.98 Å². The van der Waals surface area contributed by atoms with Crippen molar-refractivity contribution in [3.63, 3.8) is 0 Å². The highest BCUT2D eigenvalue weighted by Gasteiger charge is 1.99. The van der Waals surface area contributed by atoms with E-state index in [4.69, 9.17) is 0 Å². The smallest absolute Gasteiger partial charge is 0.0953 e. The molecule has 0 bridgehead atoms.